The Morgan fingerprint density at radius 2 is 2.00 bits per heavy atom. The van der Waals surface area contributed by atoms with E-state index < -0.39 is 0 Å². The molecule has 0 aliphatic rings. The predicted molar refractivity (Wildman–Crippen MR) is 96.1 cm³/mol. The van der Waals surface area contributed by atoms with Crippen LogP contribution in [0, 0.1) is 0 Å². The van der Waals surface area contributed by atoms with Crippen molar-refractivity contribution < 1.29 is 14.3 Å². The molecule has 0 saturated carbocycles. The second kappa shape index (κ2) is 8.06. The molecule has 0 unspecified atom stereocenters. The molecule has 0 bridgehead atoms. The van der Waals surface area contributed by atoms with Crippen LogP contribution >= 0.6 is 0 Å². The number of Topliss-reactive ketones (excluding diaryl/α,β-unsaturated/α-hetero) is 1. The number of carbonyl (C=O) groups excluding carboxylic acids is 2. The average Bonchev–Trinajstić information content (AvgIpc) is 3.15. The van der Waals surface area contributed by atoms with E-state index in [1.165, 1.54) is 13.3 Å². The molecular formula is C19H18N4O3. The number of anilines is 1. The van der Waals surface area contributed by atoms with Crippen LogP contribution < -0.4 is 10.1 Å². The number of aromatic nitrogens is 3. The van der Waals surface area contributed by atoms with Crippen molar-refractivity contribution in [3.8, 4) is 5.75 Å². The van der Waals surface area contributed by atoms with Gasteiger partial charge >= 0.3 is 0 Å². The first kappa shape index (κ1) is 17.3. The third-order valence-corrected chi connectivity index (χ3v) is 3.70. The third-order valence-electron chi connectivity index (χ3n) is 3.70. The van der Waals surface area contributed by atoms with Gasteiger partial charge in [-0.05, 0) is 30.7 Å². The Morgan fingerprint density at radius 1 is 1.15 bits per heavy atom. The quantitative estimate of drug-likeness (QED) is 0.662. The fourth-order valence-electron chi connectivity index (χ4n) is 2.41. The first-order valence-corrected chi connectivity index (χ1v) is 8.06. The molecule has 3 rings (SSSR count). The molecule has 1 amide bonds. The van der Waals surface area contributed by atoms with Gasteiger partial charge in [0.05, 0.1) is 6.54 Å². The van der Waals surface area contributed by atoms with Crippen molar-refractivity contribution in [2.24, 2.45) is 0 Å². The fraction of sp³-hybridized carbons (Fsp3) is 0.158. The molecule has 0 saturated heterocycles. The predicted octanol–water partition coefficient (Wildman–Crippen LogP) is 2.55. The Kier molecular flexibility index (Phi) is 5.38. The number of rotatable bonds is 7. The number of para-hydroxylation sites is 1. The van der Waals surface area contributed by atoms with E-state index in [0.29, 0.717) is 23.5 Å². The van der Waals surface area contributed by atoms with Crippen molar-refractivity contribution in [1.82, 2.24) is 14.8 Å². The monoisotopic (exact) mass is 350 g/mol. The zero-order valence-electron chi connectivity index (χ0n) is 14.3. The summed E-state index contributed by atoms with van der Waals surface area (Å²) in [5, 5.41) is 6.91. The summed E-state index contributed by atoms with van der Waals surface area (Å²) in [5.74, 6) is 0.134. The minimum atomic E-state index is -0.288. The molecule has 1 aromatic heterocycles. The number of hydrogen-bond donors (Lipinski definition) is 1. The Hall–Kier alpha value is -3.48. The first-order chi connectivity index (χ1) is 12.6. The molecule has 0 aliphatic carbocycles. The summed E-state index contributed by atoms with van der Waals surface area (Å²) in [6.07, 6.45) is 3.08. The lowest BCUT2D eigenvalue weighted by atomic mass is 10.1. The van der Waals surface area contributed by atoms with E-state index in [9.17, 15) is 9.59 Å². The highest BCUT2D eigenvalue weighted by atomic mass is 16.5. The van der Waals surface area contributed by atoms with Crippen molar-refractivity contribution in [3.05, 3.63) is 72.3 Å². The summed E-state index contributed by atoms with van der Waals surface area (Å²) in [7, 11) is 0. The van der Waals surface area contributed by atoms with Crippen LogP contribution in [0.15, 0.2) is 61.2 Å². The molecule has 0 fully saturated rings. The van der Waals surface area contributed by atoms with Gasteiger partial charge in [0.25, 0.3) is 5.91 Å². The van der Waals surface area contributed by atoms with E-state index in [-0.39, 0.29) is 18.3 Å². The van der Waals surface area contributed by atoms with Gasteiger partial charge in [-0.15, -0.1) is 0 Å². The molecule has 2 aromatic carbocycles. The maximum absolute atomic E-state index is 12.2. The Bertz CT molecular complexity index is 907. The van der Waals surface area contributed by atoms with Gasteiger partial charge in [0.1, 0.15) is 18.4 Å². The highest BCUT2D eigenvalue weighted by molar-refractivity contribution is 5.94. The number of nitrogens with one attached hydrogen (secondary N) is 1. The van der Waals surface area contributed by atoms with Crippen LogP contribution in [-0.4, -0.2) is 33.1 Å². The maximum Gasteiger partial charge on any atom is 0.262 e. The van der Waals surface area contributed by atoms with Crippen LogP contribution in [0.2, 0.25) is 0 Å². The lowest BCUT2D eigenvalue weighted by Crippen LogP contribution is -2.21. The van der Waals surface area contributed by atoms with E-state index in [4.69, 9.17) is 4.74 Å². The second-order valence-corrected chi connectivity index (χ2v) is 5.67. The standard InChI is InChI=1S/C19H18N4O3/c1-14(24)15-6-4-7-17(9-15)26-11-19(25)22-18-8-3-2-5-16(18)10-23-13-20-12-21-23/h2-9,12-13H,10-11H2,1H3,(H,22,25). The summed E-state index contributed by atoms with van der Waals surface area (Å²) in [6, 6.07) is 14.2. The van der Waals surface area contributed by atoms with E-state index in [2.05, 4.69) is 15.4 Å². The largest absolute Gasteiger partial charge is 0.484 e. The number of amides is 1. The van der Waals surface area contributed by atoms with Crippen molar-refractivity contribution >= 4 is 17.4 Å². The molecule has 1 heterocycles. The van der Waals surface area contributed by atoms with Gasteiger partial charge in [-0.3, -0.25) is 9.59 Å². The second-order valence-electron chi connectivity index (χ2n) is 5.67. The van der Waals surface area contributed by atoms with E-state index in [1.807, 2.05) is 24.3 Å². The summed E-state index contributed by atoms with van der Waals surface area (Å²) in [4.78, 5) is 27.5. The van der Waals surface area contributed by atoms with Gasteiger partial charge in [-0.2, -0.15) is 5.10 Å². The van der Waals surface area contributed by atoms with Crippen molar-refractivity contribution in [3.63, 3.8) is 0 Å². The van der Waals surface area contributed by atoms with Crippen LogP contribution in [0.4, 0.5) is 5.69 Å². The first-order valence-electron chi connectivity index (χ1n) is 8.06. The Morgan fingerprint density at radius 3 is 2.77 bits per heavy atom. The number of carbonyl (C=O) groups is 2. The molecule has 0 atom stereocenters. The van der Waals surface area contributed by atoms with Crippen molar-refractivity contribution in [2.75, 3.05) is 11.9 Å². The normalized spacial score (nSPS) is 10.3. The van der Waals surface area contributed by atoms with E-state index in [1.54, 1.807) is 35.3 Å². The lowest BCUT2D eigenvalue weighted by Gasteiger charge is -2.12. The lowest BCUT2D eigenvalue weighted by molar-refractivity contribution is -0.118. The van der Waals surface area contributed by atoms with Gasteiger partial charge in [-0.1, -0.05) is 30.3 Å². The zero-order valence-corrected chi connectivity index (χ0v) is 14.3. The molecular weight excluding hydrogens is 332 g/mol. The third kappa shape index (κ3) is 4.54. The summed E-state index contributed by atoms with van der Waals surface area (Å²) < 4.78 is 7.16. The van der Waals surface area contributed by atoms with E-state index >= 15 is 0 Å². The number of benzene rings is 2. The number of hydrogen-bond acceptors (Lipinski definition) is 5. The summed E-state index contributed by atoms with van der Waals surface area (Å²) in [6.45, 7) is 1.83. The molecule has 132 valence electrons. The molecule has 7 heteroatoms. The highest BCUT2D eigenvalue weighted by Crippen LogP contribution is 2.17. The zero-order chi connectivity index (χ0) is 18.4. The number of ketones is 1. The SMILES string of the molecule is CC(=O)c1cccc(OCC(=O)Nc2ccccc2Cn2cncn2)c1. The molecule has 0 spiro atoms. The molecule has 0 aliphatic heterocycles. The Balaban J connectivity index is 1.62. The smallest absolute Gasteiger partial charge is 0.262 e. The van der Waals surface area contributed by atoms with Gasteiger partial charge in [0, 0.05) is 11.3 Å². The molecule has 3 aromatic rings. The minimum Gasteiger partial charge on any atom is -0.484 e. The topological polar surface area (TPSA) is 86.1 Å². The van der Waals surface area contributed by atoms with Gasteiger partial charge in [-0.25, -0.2) is 9.67 Å². The molecule has 7 nitrogen and oxygen atoms in total. The van der Waals surface area contributed by atoms with Gasteiger partial charge in [0.2, 0.25) is 0 Å². The van der Waals surface area contributed by atoms with E-state index in [0.717, 1.165) is 5.56 Å². The average molecular weight is 350 g/mol. The summed E-state index contributed by atoms with van der Waals surface area (Å²) >= 11 is 0. The van der Waals surface area contributed by atoms with Crippen LogP contribution in [0.25, 0.3) is 0 Å². The summed E-state index contributed by atoms with van der Waals surface area (Å²) in [5.41, 5.74) is 2.14. The molecule has 26 heavy (non-hydrogen) atoms. The number of ether oxygens (including phenoxy) is 1. The van der Waals surface area contributed by atoms with Gasteiger partial charge < -0.3 is 10.1 Å². The van der Waals surface area contributed by atoms with Crippen LogP contribution in [0.1, 0.15) is 22.8 Å². The van der Waals surface area contributed by atoms with Crippen LogP contribution in [-0.2, 0) is 11.3 Å². The number of nitrogens with zero attached hydrogens (tertiary/aromatic N) is 3. The van der Waals surface area contributed by atoms with Crippen LogP contribution in [0.3, 0.4) is 0 Å². The Labute approximate surface area is 150 Å². The minimum absolute atomic E-state index is 0.0538. The maximum atomic E-state index is 12.2. The molecule has 1 N–H and O–H groups in total. The molecule has 0 radical (unpaired) electrons. The van der Waals surface area contributed by atoms with Crippen LogP contribution in [0.5, 0.6) is 5.75 Å². The van der Waals surface area contributed by atoms with Gasteiger partial charge in [0.15, 0.2) is 12.4 Å². The van der Waals surface area contributed by atoms with Crippen molar-refractivity contribution in [2.45, 2.75) is 13.5 Å². The van der Waals surface area contributed by atoms with Crippen molar-refractivity contribution in [1.29, 1.82) is 0 Å². The fourth-order valence-corrected chi connectivity index (χ4v) is 2.41. The highest BCUT2D eigenvalue weighted by Gasteiger charge is 2.09.